The molecule has 1 saturated heterocycles. The highest BCUT2D eigenvalue weighted by atomic mass is 32.2. The molecule has 8 heteroatoms. The van der Waals surface area contributed by atoms with Crippen LogP contribution in [0.3, 0.4) is 0 Å². The summed E-state index contributed by atoms with van der Waals surface area (Å²) in [5, 5.41) is 3.37. The number of aliphatic imine (C=N–C) groups is 1. The molecule has 0 amide bonds. The summed E-state index contributed by atoms with van der Waals surface area (Å²) >= 11 is 0. The van der Waals surface area contributed by atoms with Gasteiger partial charge in [0.05, 0.1) is 31.6 Å². The number of rotatable bonds is 6. The molecule has 3 rings (SSSR count). The van der Waals surface area contributed by atoms with Crippen LogP contribution in [0.2, 0.25) is 0 Å². The summed E-state index contributed by atoms with van der Waals surface area (Å²) in [7, 11) is -3.36. The molecule has 2 aromatic carbocycles. The molecular formula is C23H32N4O3S. The fourth-order valence-electron chi connectivity index (χ4n) is 3.76. The van der Waals surface area contributed by atoms with Gasteiger partial charge in [-0.05, 0) is 43.5 Å². The maximum Gasteiger partial charge on any atom is 0.229 e. The van der Waals surface area contributed by atoms with Crippen LogP contribution in [-0.2, 0) is 21.3 Å². The van der Waals surface area contributed by atoms with E-state index >= 15 is 0 Å². The van der Waals surface area contributed by atoms with Crippen LogP contribution >= 0.6 is 0 Å². The summed E-state index contributed by atoms with van der Waals surface area (Å²) in [6, 6.07) is 13.8. The number of nitrogens with one attached hydrogen (secondary N) is 2. The number of benzene rings is 2. The van der Waals surface area contributed by atoms with Gasteiger partial charge in [0.15, 0.2) is 5.96 Å². The second-order valence-electron chi connectivity index (χ2n) is 7.87. The third kappa shape index (κ3) is 6.45. The fraction of sp³-hybridized carbons (Fsp3) is 0.435. The molecule has 0 aliphatic carbocycles. The van der Waals surface area contributed by atoms with Gasteiger partial charge in [-0.15, -0.1) is 0 Å². The first-order chi connectivity index (χ1) is 14.8. The lowest BCUT2D eigenvalue weighted by atomic mass is 10.00. The highest BCUT2D eigenvalue weighted by Gasteiger charge is 2.25. The normalized spacial score (nSPS) is 17.5. The van der Waals surface area contributed by atoms with Gasteiger partial charge in [0.1, 0.15) is 6.10 Å². The van der Waals surface area contributed by atoms with E-state index in [9.17, 15) is 8.42 Å². The van der Waals surface area contributed by atoms with Crippen molar-refractivity contribution in [3.05, 3.63) is 64.7 Å². The third-order valence-electron chi connectivity index (χ3n) is 5.18. The zero-order chi connectivity index (χ0) is 22.4. The van der Waals surface area contributed by atoms with E-state index in [0.717, 1.165) is 30.9 Å². The second-order valence-corrected chi connectivity index (χ2v) is 9.62. The Morgan fingerprint density at radius 2 is 2.00 bits per heavy atom. The van der Waals surface area contributed by atoms with E-state index in [1.165, 1.54) is 16.7 Å². The Kier molecular flexibility index (Phi) is 7.56. The Morgan fingerprint density at radius 1 is 1.23 bits per heavy atom. The number of aryl methyl sites for hydroxylation is 2. The largest absolute Gasteiger partial charge is 0.370 e. The smallest absolute Gasteiger partial charge is 0.229 e. The molecule has 1 atom stereocenters. The number of morpholine rings is 1. The van der Waals surface area contributed by atoms with Crippen LogP contribution < -0.4 is 10.0 Å². The minimum Gasteiger partial charge on any atom is -0.370 e. The van der Waals surface area contributed by atoms with E-state index < -0.39 is 10.0 Å². The van der Waals surface area contributed by atoms with Gasteiger partial charge in [-0.2, -0.15) is 0 Å². The number of hydrogen-bond donors (Lipinski definition) is 2. The SMILES string of the molecule is CCNC(=NCc1ccccc1NS(C)(=O)=O)N1CCOC(c2ccc(C)cc2C)C1. The van der Waals surface area contributed by atoms with Gasteiger partial charge in [0, 0.05) is 13.1 Å². The number of para-hydroxylation sites is 1. The van der Waals surface area contributed by atoms with Crippen molar-refractivity contribution in [2.75, 3.05) is 37.2 Å². The van der Waals surface area contributed by atoms with Gasteiger partial charge in [0.2, 0.25) is 10.0 Å². The van der Waals surface area contributed by atoms with E-state index in [2.05, 4.69) is 47.0 Å². The fourth-order valence-corrected chi connectivity index (χ4v) is 4.36. The zero-order valence-corrected chi connectivity index (χ0v) is 19.5. The molecule has 1 unspecified atom stereocenters. The van der Waals surface area contributed by atoms with E-state index in [1.54, 1.807) is 6.07 Å². The molecule has 1 fully saturated rings. The number of nitrogens with zero attached hydrogens (tertiary/aromatic N) is 2. The molecule has 0 spiro atoms. The molecule has 0 radical (unpaired) electrons. The number of hydrogen-bond acceptors (Lipinski definition) is 4. The van der Waals surface area contributed by atoms with Crippen LogP contribution in [0.15, 0.2) is 47.5 Å². The quantitative estimate of drug-likeness (QED) is 0.528. The van der Waals surface area contributed by atoms with Crippen molar-refractivity contribution >= 4 is 21.7 Å². The summed E-state index contributed by atoms with van der Waals surface area (Å²) in [5.74, 6) is 0.801. The first-order valence-corrected chi connectivity index (χ1v) is 12.4. The van der Waals surface area contributed by atoms with Crippen LogP contribution in [0, 0.1) is 13.8 Å². The maximum absolute atomic E-state index is 11.7. The lowest BCUT2D eigenvalue weighted by Crippen LogP contribution is -2.48. The Morgan fingerprint density at radius 3 is 2.71 bits per heavy atom. The summed E-state index contributed by atoms with van der Waals surface area (Å²) in [5.41, 5.74) is 5.05. The Labute approximate surface area is 185 Å². The third-order valence-corrected chi connectivity index (χ3v) is 5.78. The Hall–Kier alpha value is -2.58. The van der Waals surface area contributed by atoms with Gasteiger partial charge in [-0.25, -0.2) is 13.4 Å². The summed E-state index contributed by atoms with van der Waals surface area (Å²) in [4.78, 5) is 7.02. The van der Waals surface area contributed by atoms with Crippen molar-refractivity contribution in [3.8, 4) is 0 Å². The van der Waals surface area contributed by atoms with Crippen LogP contribution in [-0.4, -0.2) is 51.8 Å². The van der Waals surface area contributed by atoms with Crippen LogP contribution in [0.4, 0.5) is 5.69 Å². The van der Waals surface area contributed by atoms with Crippen molar-refractivity contribution in [2.45, 2.75) is 33.4 Å². The molecule has 7 nitrogen and oxygen atoms in total. The number of guanidine groups is 1. The predicted octanol–water partition coefficient (Wildman–Crippen LogP) is 3.21. The zero-order valence-electron chi connectivity index (χ0n) is 18.7. The van der Waals surface area contributed by atoms with Crippen LogP contribution in [0.1, 0.15) is 35.3 Å². The average Bonchev–Trinajstić information content (AvgIpc) is 2.71. The first-order valence-electron chi connectivity index (χ1n) is 10.5. The standard InChI is InChI=1S/C23H32N4O3S/c1-5-24-23(25-15-19-8-6-7-9-21(19)26-31(4,28)29)27-12-13-30-22(16-27)20-11-10-17(2)14-18(20)3/h6-11,14,22,26H,5,12-13,15-16H2,1-4H3,(H,24,25). The van der Waals surface area contributed by atoms with Crippen molar-refractivity contribution in [2.24, 2.45) is 4.99 Å². The van der Waals surface area contributed by atoms with E-state index in [4.69, 9.17) is 9.73 Å². The predicted molar refractivity (Wildman–Crippen MR) is 126 cm³/mol. The topological polar surface area (TPSA) is 83.0 Å². The minimum absolute atomic E-state index is 0.0163. The molecule has 2 aromatic rings. The van der Waals surface area contributed by atoms with Crippen molar-refractivity contribution in [3.63, 3.8) is 0 Å². The molecule has 0 bridgehead atoms. The molecule has 1 aliphatic rings. The Bertz CT molecular complexity index is 1040. The van der Waals surface area contributed by atoms with E-state index in [1.807, 2.05) is 25.1 Å². The molecule has 0 aromatic heterocycles. The minimum atomic E-state index is -3.36. The number of sulfonamides is 1. The van der Waals surface area contributed by atoms with Crippen molar-refractivity contribution in [1.29, 1.82) is 0 Å². The number of anilines is 1. The van der Waals surface area contributed by atoms with E-state index in [-0.39, 0.29) is 6.10 Å². The highest BCUT2D eigenvalue weighted by molar-refractivity contribution is 7.92. The molecule has 0 saturated carbocycles. The molecule has 2 N–H and O–H groups in total. The summed E-state index contributed by atoms with van der Waals surface area (Å²) in [6.45, 7) is 9.44. The lowest BCUT2D eigenvalue weighted by Gasteiger charge is -2.36. The van der Waals surface area contributed by atoms with Gasteiger partial charge in [-0.1, -0.05) is 42.0 Å². The monoisotopic (exact) mass is 444 g/mol. The number of ether oxygens (including phenoxy) is 1. The molecule has 31 heavy (non-hydrogen) atoms. The maximum atomic E-state index is 11.7. The lowest BCUT2D eigenvalue weighted by molar-refractivity contribution is -0.00834. The molecular weight excluding hydrogens is 412 g/mol. The molecule has 168 valence electrons. The summed E-state index contributed by atoms with van der Waals surface area (Å²) < 4.78 is 32.0. The van der Waals surface area contributed by atoms with Gasteiger partial charge < -0.3 is 15.0 Å². The van der Waals surface area contributed by atoms with Crippen LogP contribution in [0.25, 0.3) is 0 Å². The van der Waals surface area contributed by atoms with E-state index in [0.29, 0.717) is 25.4 Å². The average molecular weight is 445 g/mol. The first kappa shape index (κ1) is 23.1. The van der Waals surface area contributed by atoms with Gasteiger partial charge in [-0.3, -0.25) is 4.72 Å². The van der Waals surface area contributed by atoms with Crippen molar-refractivity contribution < 1.29 is 13.2 Å². The second kappa shape index (κ2) is 10.2. The molecule has 1 heterocycles. The Balaban J connectivity index is 1.79. The summed E-state index contributed by atoms with van der Waals surface area (Å²) in [6.07, 6.45) is 1.13. The van der Waals surface area contributed by atoms with Crippen molar-refractivity contribution in [1.82, 2.24) is 10.2 Å². The molecule has 1 aliphatic heterocycles. The van der Waals surface area contributed by atoms with Gasteiger partial charge in [0.25, 0.3) is 0 Å². The van der Waals surface area contributed by atoms with Crippen LogP contribution in [0.5, 0.6) is 0 Å². The highest BCUT2D eigenvalue weighted by Crippen LogP contribution is 2.26. The van der Waals surface area contributed by atoms with Gasteiger partial charge >= 0.3 is 0 Å².